The van der Waals surface area contributed by atoms with E-state index in [1.807, 2.05) is 20.8 Å². The van der Waals surface area contributed by atoms with E-state index in [1.54, 1.807) is 4.90 Å². The largest absolute Gasteiger partial charge is 0.369 e. The Morgan fingerprint density at radius 3 is 2.56 bits per heavy atom. The van der Waals surface area contributed by atoms with E-state index < -0.39 is 0 Å². The minimum absolute atomic E-state index is 0.0122. The van der Waals surface area contributed by atoms with Crippen LogP contribution in [0.2, 0.25) is 0 Å². The predicted octanol–water partition coefficient (Wildman–Crippen LogP) is 2.47. The zero-order chi connectivity index (χ0) is 13.3. The van der Waals surface area contributed by atoms with Gasteiger partial charge in [-0.1, -0.05) is 0 Å². The third-order valence-corrected chi connectivity index (χ3v) is 2.95. The molecule has 4 heteroatoms. The lowest BCUT2D eigenvalue weighted by Crippen LogP contribution is -2.53. The molecule has 3 nitrogen and oxygen atoms in total. The molecule has 98 valence electrons. The van der Waals surface area contributed by atoms with Gasteiger partial charge in [-0.25, -0.2) is 4.39 Å². The van der Waals surface area contributed by atoms with Crippen LogP contribution in [-0.2, 0) is 4.74 Å². The van der Waals surface area contributed by atoms with Gasteiger partial charge in [0.15, 0.2) is 0 Å². The van der Waals surface area contributed by atoms with Gasteiger partial charge in [-0.2, -0.15) is 0 Å². The molecule has 1 heterocycles. The lowest BCUT2D eigenvalue weighted by atomic mass is 10.0. The summed E-state index contributed by atoms with van der Waals surface area (Å²) in [6.07, 6.45) is 0.0122. The maximum absolute atomic E-state index is 12.8. The fourth-order valence-corrected chi connectivity index (χ4v) is 2.38. The van der Waals surface area contributed by atoms with Crippen molar-refractivity contribution in [2.45, 2.75) is 32.5 Å². The highest BCUT2D eigenvalue weighted by Crippen LogP contribution is 2.22. The standard InChI is InChI=1S/C14H18FNO2/c1-10-8-16(9-14(2,3)18-10)13(17)11-4-6-12(15)7-5-11/h4-7,10H,8-9H2,1-3H3. The summed E-state index contributed by atoms with van der Waals surface area (Å²) in [5.74, 6) is -0.402. The maximum atomic E-state index is 12.8. The van der Waals surface area contributed by atoms with Crippen LogP contribution < -0.4 is 0 Å². The summed E-state index contributed by atoms with van der Waals surface area (Å²) in [6, 6.07) is 5.65. The summed E-state index contributed by atoms with van der Waals surface area (Å²) in [5.41, 5.74) is 0.175. The molecule has 0 aromatic heterocycles. The van der Waals surface area contributed by atoms with Gasteiger partial charge >= 0.3 is 0 Å². The Morgan fingerprint density at radius 2 is 2.00 bits per heavy atom. The molecule has 1 saturated heterocycles. The first-order valence-electron chi connectivity index (χ1n) is 6.10. The highest BCUT2D eigenvalue weighted by Gasteiger charge is 2.33. The number of rotatable bonds is 1. The second-order valence-corrected chi connectivity index (χ2v) is 5.38. The average Bonchev–Trinajstić information content (AvgIpc) is 2.26. The van der Waals surface area contributed by atoms with Crippen molar-refractivity contribution >= 4 is 5.91 Å². The van der Waals surface area contributed by atoms with Gasteiger partial charge in [-0.3, -0.25) is 4.79 Å². The number of nitrogens with zero attached hydrogens (tertiary/aromatic N) is 1. The summed E-state index contributed by atoms with van der Waals surface area (Å²) in [5, 5.41) is 0. The van der Waals surface area contributed by atoms with Gasteiger partial charge in [-0.05, 0) is 45.0 Å². The van der Waals surface area contributed by atoms with E-state index in [9.17, 15) is 9.18 Å². The van der Waals surface area contributed by atoms with Crippen molar-refractivity contribution in [2.24, 2.45) is 0 Å². The van der Waals surface area contributed by atoms with Gasteiger partial charge in [-0.15, -0.1) is 0 Å². The number of carbonyl (C=O) groups excluding carboxylic acids is 1. The molecule has 0 bridgehead atoms. The first-order chi connectivity index (χ1) is 8.37. The number of amides is 1. The molecule has 0 N–H and O–H groups in total. The molecule has 1 aromatic carbocycles. The first-order valence-corrected chi connectivity index (χ1v) is 6.10. The molecular formula is C14H18FNO2. The average molecular weight is 251 g/mol. The number of morpholine rings is 1. The van der Waals surface area contributed by atoms with Gasteiger partial charge in [0.1, 0.15) is 5.82 Å². The Labute approximate surface area is 107 Å². The molecule has 18 heavy (non-hydrogen) atoms. The van der Waals surface area contributed by atoms with Gasteiger partial charge in [0.25, 0.3) is 5.91 Å². The van der Waals surface area contributed by atoms with Crippen molar-refractivity contribution in [3.63, 3.8) is 0 Å². The molecule has 1 aliphatic heterocycles. The third kappa shape index (κ3) is 2.88. The predicted molar refractivity (Wildman–Crippen MR) is 66.9 cm³/mol. The van der Waals surface area contributed by atoms with Gasteiger partial charge in [0.2, 0.25) is 0 Å². The minimum Gasteiger partial charge on any atom is -0.369 e. The molecule has 0 saturated carbocycles. The van der Waals surface area contributed by atoms with E-state index in [2.05, 4.69) is 0 Å². The number of hydrogen-bond donors (Lipinski definition) is 0. The molecule has 2 rings (SSSR count). The zero-order valence-corrected chi connectivity index (χ0v) is 10.9. The lowest BCUT2D eigenvalue weighted by molar-refractivity contribution is -0.118. The Kier molecular flexibility index (Phi) is 3.39. The monoisotopic (exact) mass is 251 g/mol. The molecule has 0 radical (unpaired) electrons. The Morgan fingerprint density at radius 1 is 1.39 bits per heavy atom. The van der Waals surface area contributed by atoms with Crippen molar-refractivity contribution < 1.29 is 13.9 Å². The van der Waals surface area contributed by atoms with Gasteiger partial charge in [0, 0.05) is 18.7 Å². The summed E-state index contributed by atoms with van der Waals surface area (Å²) < 4.78 is 18.6. The number of halogens is 1. The molecule has 0 aliphatic carbocycles. The lowest BCUT2D eigenvalue weighted by Gasteiger charge is -2.41. The van der Waals surface area contributed by atoms with Gasteiger partial charge < -0.3 is 9.64 Å². The Bertz CT molecular complexity index is 442. The van der Waals surface area contributed by atoms with Crippen molar-refractivity contribution in [3.05, 3.63) is 35.6 Å². The van der Waals surface area contributed by atoms with E-state index in [0.29, 0.717) is 18.7 Å². The number of hydrogen-bond acceptors (Lipinski definition) is 2. The van der Waals surface area contributed by atoms with E-state index in [1.165, 1.54) is 24.3 Å². The maximum Gasteiger partial charge on any atom is 0.254 e. The molecular weight excluding hydrogens is 233 g/mol. The number of carbonyl (C=O) groups is 1. The van der Waals surface area contributed by atoms with Crippen LogP contribution in [0.3, 0.4) is 0 Å². The SMILES string of the molecule is CC1CN(C(=O)c2ccc(F)cc2)CC(C)(C)O1. The summed E-state index contributed by atoms with van der Waals surface area (Å²) >= 11 is 0. The second-order valence-electron chi connectivity index (χ2n) is 5.38. The second kappa shape index (κ2) is 4.69. The van der Waals surface area contributed by atoms with Crippen LogP contribution in [-0.4, -0.2) is 35.6 Å². The molecule has 1 unspecified atom stereocenters. The molecule has 1 aromatic rings. The normalized spacial score (nSPS) is 22.9. The minimum atomic E-state index is -0.340. The van der Waals surface area contributed by atoms with Crippen LogP contribution in [0, 0.1) is 5.82 Å². The summed E-state index contributed by atoms with van der Waals surface area (Å²) in [4.78, 5) is 14.1. The summed E-state index contributed by atoms with van der Waals surface area (Å²) in [7, 11) is 0. The zero-order valence-electron chi connectivity index (χ0n) is 10.9. The molecule has 1 atom stereocenters. The van der Waals surface area contributed by atoms with Crippen molar-refractivity contribution in [1.29, 1.82) is 0 Å². The highest BCUT2D eigenvalue weighted by atomic mass is 19.1. The third-order valence-electron chi connectivity index (χ3n) is 2.95. The van der Waals surface area contributed by atoms with Crippen LogP contribution in [0.1, 0.15) is 31.1 Å². The summed E-state index contributed by atoms with van der Waals surface area (Å²) in [6.45, 7) is 7.00. The van der Waals surface area contributed by atoms with E-state index in [4.69, 9.17) is 4.74 Å². The fourth-order valence-electron chi connectivity index (χ4n) is 2.38. The van der Waals surface area contributed by atoms with Crippen molar-refractivity contribution in [2.75, 3.05) is 13.1 Å². The number of ether oxygens (including phenoxy) is 1. The van der Waals surface area contributed by atoms with Gasteiger partial charge in [0.05, 0.1) is 11.7 Å². The van der Waals surface area contributed by atoms with Crippen LogP contribution in [0.4, 0.5) is 4.39 Å². The van der Waals surface area contributed by atoms with Crippen LogP contribution in [0.15, 0.2) is 24.3 Å². The molecule has 1 aliphatic rings. The Hall–Kier alpha value is -1.42. The molecule has 0 spiro atoms. The molecule has 1 amide bonds. The molecule has 1 fully saturated rings. The van der Waals surface area contributed by atoms with E-state index in [0.717, 1.165) is 0 Å². The van der Waals surface area contributed by atoms with Crippen LogP contribution in [0.25, 0.3) is 0 Å². The number of benzene rings is 1. The van der Waals surface area contributed by atoms with Crippen molar-refractivity contribution in [3.8, 4) is 0 Å². The Balaban J connectivity index is 2.16. The van der Waals surface area contributed by atoms with Crippen LogP contribution >= 0.6 is 0 Å². The first kappa shape index (κ1) is 13.0. The van der Waals surface area contributed by atoms with E-state index >= 15 is 0 Å². The highest BCUT2D eigenvalue weighted by molar-refractivity contribution is 5.94. The fraction of sp³-hybridized carbons (Fsp3) is 0.500. The van der Waals surface area contributed by atoms with Crippen LogP contribution in [0.5, 0.6) is 0 Å². The topological polar surface area (TPSA) is 29.5 Å². The van der Waals surface area contributed by atoms with Crippen molar-refractivity contribution in [1.82, 2.24) is 4.90 Å². The van der Waals surface area contributed by atoms with E-state index in [-0.39, 0.29) is 23.4 Å². The smallest absolute Gasteiger partial charge is 0.254 e. The quantitative estimate of drug-likeness (QED) is 0.767.